The van der Waals surface area contributed by atoms with Crippen LogP contribution in [-0.2, 0) is 4.74 Å². The molecule has 1 N–H and O–H groups in total. The molecule has 2 heteroatoms. The van der Waals surface area contributed by atoms with Gasteiger partial charge in [-0.3, -0.25) is 0 Å². The zero-order valence-corrected chi connectivity index (χ0v) is 13.1. The van der Waals surface area contributed by atoms with Crippen molar-refractivity contribution in [3.63, 3.8) is 0 Å². The number of fused-ring (bicyclic) bond motifs is 2. The van der Waals surface area contributed by atoms with Crippen LogP contribution >= 0.6 is 0 Å². The Morgan fingerprint density at radius 3 is 2.33 bits per heavy atom. The summed E-state index contributed by atoms with van der Waals surface area (Å²) in [5, 5.41) is 3.50. The van der Waals surface area contributed by atoms with E-state index in [4.69, 9.17) is 4.74 Å². The molecular weight excluding hydrogens is 222 g/mol. The molecule has 2 bridgehead atoms. The van der Waals surface area contributed by atoms with Crippen LogP contribution in [0.4, 0.5) is 0 Å². The summed E-state index contributed by atoms with van der Waals surface area (Å²) in [6, 6.07) is 0. The number of ether oxygens (including phenoxy) is 1. The van der Waals surface area contributed by atoms with Crippen LogP contribution in [0.1, 0.15) is 60.8 Å². The molecule has 2 saturated carbocycles. The Labute approximate surface area is 113 Å². The van der Waals surface area contributed by atoms with E-state index in [1.54, 1.807) is 0 Å². The molecule has 2 nitrogen and oxygen atoms in total. The smallest absolute Gasteiger partial charge is 0.0637 e. The summed E-state index contributed by atoms with van der Waals surface area (Å²) in [4.78, 5) is 0. The quantitative estimate of drug-likeness (QED) is 0.773. The molecule has 0 aromatic rings. The zero-order chi connectivity index (χ0) is 13.6. The van der Waals surface area contributed by atoms with E-state index in [0.29, 0.717) is 16.9 Å². The third kappa shape index (κ3) is 2.34. The standard InChI is InChI=1S/C16H31NO/c1-14(2,3)17-9-10-18-13-11-12-7-8-16(13,6)15(12,4)5/h12-13,17H,7-11H2,1-6H3. The highest BCUT2D eigenvalue weighted by atomic mass is 16.5. The Bertz CT molecular complexity index is 305. The minimum Gasteiger partial charge on any atom is -0.376 e. The van der Waals surface area contributed by atoms with Gasteiger partial charge in [-0.25, -0.2) is 0 Å². The summed E-state index contributed by atoms with van der Waals surface area (Å²) in [7, 11) is 0. The lowest BCUT2D eigenvalue weighted by Gasteiger charge is -2.39. The first kappa shape index (κ1) is 14.3. The Hall–Kier alpha value is -0.0800. The molecule has 106 valence electrons. The molecule has 2 aliphatic carbocycles. The maximum Gasteiger partial charge on any atom is 0.0637 e. The van der Waals surface area contributed by atoms with Gasteiger partial charge in [-0.15, -0.1) is 0 Å². The fourth-order valence-corrected chi connectivity index (χ4v) is 4.01. The summed E-state index contributed by atoms with van der Waals surface area (Å²) in [6.07, 6.45) is 4.51. The van der Waals surface area contributed by atoms with E-state index in [0.717, 1.165) is 19.1 Å². The minimum absolute atomic E-state index is 0.196. The summed E-state index contributed by atoms with van der Waals surface area (Å²) >= 11 is 0. The molecule has 2 fully saturated rings. The lowest BCUT2D eigenvalue weighted by atomic mass is 9.70. The summed E-state index contributed by atoms with van der Waals surface area (Å²) in [5.41, 5.74) is 1.07. The van der Waals surface area contributed by atoms with Gasteiger partial charge in [0.25, 0.3) is 0 Å². The van der Waals surface area contributed by atoms with E-state index < -0.39 is 0 Å². The molecule has 0 spiro atoms. The maximum atomic E-state index is 6.21. The highest BCUT2D eigenvalue weighted by Crippen LogP contribution is 2.66. The molecule has 3 atom stereocenters. The second-order valence-electron chi connectivity index (χ2n) is 8.15. The fraction of sp³-hybridized carbons (Fsp3) is 1.00. The van der Waals surface area contributed by atoms with Gasteiger partial charge < -0.3 is 10.1 Å². The number of nitrogens with one attached hydrogen (secondary N) is 1. The van der Waals surface area contributed by atoms with Gasteiger partial charge in [-0.2, -0.15) is 0 Å². The molecule has 0 heterocycles. The van der Waals surface area contributed by atoms with Gasteiger partial charge in [0, 0.05) is 12.1 Å². The highest BCUT2D eigenvalue weighted by molar-refractivity contribution is 5.11. The minimum atomic E-state index is 0.196. The normalized spacial score (nSPS) is 38.3. The van der Waals surface area contributed by atoms with Gasteiger partial charge in [0.1, 0.15) is 0 Å². The SMILES string of the molecule is CC(C)(C)NCCOC1CC2CCC1(C)C2(C)C. The predicted molar refractivity (Wildman–Crippen MR) is 76.7 cm³/mol. The molecule has 0 amide bonds. The first-order valence-electron chi connectivity index (χ1n) is 7.53. The van der Waals surface area contributed by atoms with Gasteiger partial charge in [0.05, 0.1) is 12.7 Å². The van der Waals surface area contributed by atoms with Crippen LogP contribution in [0.5, 0.6) is 0 Å². The second kappa shape index (κ2) is 4.49. The van der Waals surface area contributed by atoms with Gasteiger partial charge in [-0.1, -0.05) is 20.8 Å². The predicted octanol–water partition coefficient (Wildman–Crippen LogP) is 3.61. The van der Waals surface area contributed by atoms with Crippen molar-refractivity contribution in [1.29, 1.82) is 0 Å². The van der Waals surface area contributed by atoms with Crippen LogP contribution in [0.3, 0.4) is 0 Å². The molecule has 3 unspecified atom stereocenters. The van der Waals surface area contributed by atoms with E-state index in [2.05, 4.69) is 46.9 Å². The average molecular weight is 253 g/mol. The first-order chi connectivity index (χ1) is 8.17. The third-order valence-electron chi connectivity index (χ3n) is 5.79. The summed E-state index contributed by atoms with van der Waals surface area (Å²) in [5.74, 6) is 0.878. The summed E-state index contributed by atoms with van der Waals surface area (Å²) in [6.45, 7) is 15.8. The van der Waals surface area contributed by atoms with Crippen LogP contribution in [0, 0.1) is 16.7 Å². The molecule has 0 radical (unpaired) electrons. The molecule has 0 aromatic heterocycles. The van der Waals surface area contributed by atoms with Crippen molar-refractivity contribution in [2.24, 2.45) is 16.7 Å². The van der Waals surface area contributed by atoms with E-state index in [-0.39, 0.29) is 5.54 Å². The second-order valence-corrected chi connectivity index (χ2v) is 8.15. The zero-order valence-electron chi connectivity index (χ0n) is 13.1. The van der Waals surface area contributed by atoms with Gasteiger partial charge in [0.2, 0.25) is 0 Å². The molecule has 2 aliphatic rings. The lowest BCUT2D eigenvalue weighted by molar-refractivity contribution is -0.0459. The topological polar surface area (TPSA) is 21.3 Å². The molecule has 0 saturated heterocycles. The molecular formula is C16H31NO. The monoisotopic (exact) mass is 253 g/mol. The molecule has 0 aromatic carbocycles. The fourth-order valence-electron chi connectivity index (χ4n) is 4.01. The molecule has 2 rings (SSSR count). The average Bonchev–Trinajstić information content (AvgIpc) is 2.55. The number of hydrogen-bond donors (Lipinski definition) is 1. The Kier molecular flexibility index (Phi) is 3.57. The van der Waals surface area contributed by atoms with Crippen molar-refractivity contribution < 1.29 is 4.74 Å². The van der Waals surface area contributed by atoms with Crippen molar-refractivity contribution in [2.75, 3.05) is 13.2 Å². The van der Waals surface area contributed by atoms with Crippen molar-refractivity contribution >= 4 is 0 Å². The van der Waals surface area contributed by atoms with E-state index in [1.807, 2.05) is 0 Å². The Morgan fingerprint density at radius 1 is 1.22 bits per heavy atom. The van der Waals surface area contributed by atoms with Crippen molar-refractivity contribution in [3.05, 3.63) is 0 Å². The van der Waals surface area contributed by atoms with Crippen molar-refractivity contribution in [2.45, 2.75) is 72.4 Å². The largest absolute Gasteiger partial charge is 0.376 e. The van der Waals surface area contributed by atoms with E-state index >= 15 is 0 Å². The highest BCUT2D eigenvalue weighted by Gasteiger charge is 2.61. The third-order valence-corrected chi connectivity index (χ3v) is 5.79. The van der Waals surface area contributed by atoms with Crippen LogP contribution in [0.2, 0.25) is 0 Å². The van der Waals surface area contributed by atoms with Crippen LogP contribution in [-0.4, -0.2) is 24.8 Å². The van der Waals surface area contributed by atoms with E-state index in [1.165, 1.54) is 19.3 Å². The van der Waals surface area contributed by atoms with Crippen molar-refractivity contribution in [1.82, 2.24) is 5.32 Å². The summed E-state index contributed by atoms with van der Waals surface area (Å²) < 4.78 is 6.21. The van der Waals surface area contributed by atoms with Crippen LogP contribution in [0.15, 0.2) is 0 Å². The maximum absolute atomic E-state index is 6.21. The van der Waals surface area contributed by atoms with Crippen LogP contribution in [0.25, 0.3) is 0 Å². The van der Waals surface area contributed by atoms with Crippen LogP contribution < -0.4 is 5.32 Å². The van der Waals surface area contributed by atoms with Crippen molar-refractivity contribution in [3.8, 4) is 0 Å². The molecule has 18 heavy (non-hydrogen) atoms. The Balaban J connectivity index is 1.82. The lowest BCUT2D eigenvalue weighted by Crippen LogP contribution is -2.41. The molecule has 0 aliphatic heterocycles. The first-order valence-corrected chi connectivity index (χ1v) is 7.53. The number of hydrogen-bond acceptors (Lipinski definition) is 2. The Morgan fingerprint density at radius 2 is 1.89 bits per heavy atom. The number of rotatable bonds is 4. The van der Waals surface area contributed by atoms with Gasteiger partial charge in [0.15, 0.2) is 0 Å². The van der Waals surface area contributed by atoms with Gasteiger partial charge in [-0.05, 0) is 56.8 Å². The van der Waals surface area contributed by atoms with Gasteiger partial charge >= 0.3 is 0 Å². The van der Waals surface area contributed by atoms with E-state index in [9.17, 15) is 0 Å².